The van der Waals surface area contributed by atoms with Gasteiger partial charge in [-0.05, 0) is 44.2 Å². The summed E-state index contributed by atoms with van der Waals surface area (Å²) in [6.07, 6.45) is 3.50. The van der Waals surface area contributed by atoms with E-state index in [9.17, 15) is 0 Å². The molecule has 1 fully saturated rings. The van der Waals surface area contributed by atoms with Gasteiger partial charge in [0.2, 0.25) is 0 Å². The zero-order chi connectivity index (χ0) is 17.6. The van der Waals surface area contributed by atoms with Crippen LogP contribution in [0, 0.1) is 11.8 Å². The van der Waals surface area contributed by atoms with E-state index in [-0.39, 0.29) is 24.0 Å². The van der Waals surface area contributed by atoms with Gasteiger partial charge in [-0.15, -0.1) is 24.0 Å². The molecule has 0 aromatic rings. The Bertz CT molecular complexity index is 335. The molecule has 0 amide bonds. The first-order valence-electron chi connectivity index (χ1n) is 9.39. The summed E-state index contributed by atoms with van der Waals surface area (Å²) in [5, 5.41) is 6.83. The average Bonchev–Trinajstić information content (AvgIpc) is 2.59. The highest BCUT2D eigenvalue weighted by molar-refractivity contribution is 14.0. The number of rotatable bonds is 11. The third-order valence-electron chi connectivity index (χ3n) is 4.31. The smallest absolute Gasteiger partial charge is 0.190 e. The van der Waals surface area contributed by atoms with Gasteiger partial charge in [0.25, 0.3) is 0 Å². The lowest BCUT2D eigenvalue weighted by Crippen LogP contribution is -2.43. The number of methoxy groups -OCH3 is 1. The van der Waals surface area contributed by atoms with E-state index in [0.717, 1.165) is 57.8 Å². The summed E-state index contributed by atoms with van der Waals surface area (Å²) in [4.78, 5) is 6.79. The van der Waals surface area contributed by atoms with Crippen LogP contribution in [0.1, 0.15) is 33.1 Å². The predicted molar refractivity (Wildman–Crippen MR) is 116 cm³/mol. The fraction of sp³-hybridized carbons (Fsp3) is 0.944. The molecular formula is C18H39IN4O2. The molecule has 1 aliphatic rings. The highest BCUT2D eigenvalue weighted by Gasteiger charge is 2.18. The topological polar surface area (TPSA) is 58.1 Å². The molecule has 1 aliphatic heterocycles. The van der Waals surface area contributed by atoms with Crippen LogP contribution in [0.5, 0.6) is 0 Å². The van der Waals surface area contributed by atoms with Crippen LogP contribution in [-0.4, -0.2) is 77.6 Å². The molecule has 0 aromatic heterocycles. The summed E-state index contributed by atoms with van der Waals surface area (Å²) in [5.41, 5.74) is 0. The van der Waals surface area contributed by atoms with E-state index < -0.39 is 0 Å². The summed E-state index contributed by atoms with van der Waals surface area (Å²) in [6.45, 7) is 12.1. The molecule has 0 unspecified atom stereocenters. The Kier molecular flexibility index (Phi) is 16.0. The van der Waals surface area contributed by atoms with Crippen molar-refractivity contribution in [1.82, 2.24) is 15.5 Å². The van der Waals surface area contributed by atoms with Crippen LogP contribution in [0.4, 0.5) is 0 Å². The zero-order valence-electron chi connectivity index (χ0n) is 16.6. The van der Waals surface area contributed by atoms with Crippen molar-refractivity contribution in [3.05, 3.63) is 0 Å². The van der Waals surface area contributed by atoms with Gasteiger partial charge in [0.05, 0.1) is 6.61 Å². The first-order valence-corrected chi connectivity index (χ1v) is 9.39. The van der Waals surface area contributed by atoms with Gasteiger partial charge in [-0.2, -0.15) is 0 Å². The number of nitrogens with one attached hydrogen (secondary N) is 2. The number of hydrogen-bond donors (Lipinski definition) is 2. The van der Waals surface area contributed by atoms with Crippen molar-refractivity contribution >= 4 is 29.9 Å². The standard InChI is InChI=1S/C18H38N4O2.HI/c1-16(2)15-24-12-5-8-20-18(19-3)21-14-17-6-9-22(10-7-17)11-13-23-4;/h16-17H,5-15H2,1-4H3,(H2,19,20,21);1H. The van der Waals surface area contributed by atoms with Crippen molar-refractivity contribution in [3.8, 4) is 0 Å². The lowest BCUT2D eigenvalue weighted by atomic mass is 9.97. The van der Waals surface area contributed by atoms with E-state index in [1.165, 1.54) is 25.9 Å². The number of nitrogens with zero attached hydrogens (tertiary/aromatic N) is 2. The van der Waals surface area contributed by atoms with E-state index >= 15 is 0 Å². The third kappa shape index (κ3) is 12.8. The molecule has 2 N–H and O–H groups in total. The second kappa shape index (κ2) is 16.1. The lowest BCUT2D eigenvalue weighted by molar-refractivity contribution is 0.108. The maximum atomic E-state index is 5.59. The number of halogens is 1. The molecule has 1 heterocycles. The van der Waals surface area contributed by atoms with Crippen molar-refractivity contribution in [1.29, 1.82) is 0 Å². The van der Waals surface area contributed by atoms with E-state index in [1.807, 2.05) is 7.05 Å². The average molecular weight is 470 g/mol. The Morgan fingerprint density at radius 3 is 2.52 bits per heavy atom. The zero-order valence-corrected chi connectivity index (χ0v) is 18.9. The highest BCUT2D eigenvalue weighted by atomic mass is 127. The van der Waals surface area contributed by atoms with Gasteiger partial charge in [-0.25, -0.2) is 0 Å². The van der Waals surface area contributed by atoms with Crippen molar-refractivity contribution in [3.63, 3.8) is 0 Å². The predicted octanol–water partition coefficient (Wildman–Crippen LogP) is 2.19. The molecule has 1 rings (SSSR count). The van der Waals surface area contributed by atoms with Crippen molar-refractivity contribution in [2.45, 2.75) is 33.1 Å². The Balaban J connectivity index is 0.00000576. The van der Waals surface area contributed by atoms with Gasteiger partial charge in [0.15, 0.2) is 5.96 Å². The molecule has 0 bridgehead atoms. The first-order chi connectivity index (χ1) is 11.7. The minimum absolute atomic E-state index is 0. The van der Waals surface area contributed by atoms with E-state index in [1.54, 1.807) is 7.11 Å². The molecule has 6 nitrogen and oxygen atoms in total. The molecular weight excluding hydrogens is 431 g/mol. The number of likely N-dealkylation sites (tertiary alicyclic amines) is 1. The quantitative estimate of drug-likeness (QED) is 0.210. The maximum Gasteiger partial charge on any atom is 0.190 e. The van der Waals surface area contributed by atoms with Gasteiger partial charge in [0.1, 0.15) is 0 Å². The molecule has 1 saturated heterocycles. The van der Waals surface area contributed by atoms with Crippen LogP contribution >= 0.6 is 24.0 Å². The van der Waals surface area contributed by atoms with Crippen LogP contribution < -0.4 is 10.6 Å². The second-order valence-electron chi connectivity index (χ2n) is 6.98. The van der Waals surface area contributed by atoms with Crippen molar-refractivity contribution < 1.29 is 9.47 Å². The van der Waals surface area contributed by atoms with Gasteiger partial charge < -0.3 is 25.0 Å². The Morgan fingerprint density at radius 1 is 1.20 bits per heavy atom. The van der Waals surface area contributed by atoms with Crippen molar-refractivity contribution in [2.24, 2.45) is 16.8 Å². The SMILES string of the molecule is CN=C(NCCCOCC(C)C)NCC1CCN(CCOC)CC1.I. The van der Waals surface area contributed by atoms with Crippen LogP contribution in [0.15, 0.2) is 4.99 Å². The molecule has 0 saturated carbocycles. The fourth-order valence-electron chi connectivity index (χ4n) is 2.80. The molecule has 0 aliphatic carbocycles. The third-order valence-corrected chi connectivity index (χ3v) is 4.31. The number of piperidine rings is 1. The Hall–Kier alpha value is -0.120. The Labute approximate surface area is 171 Å². The summed E-state index contributed by atoms with van der Waals surface area (Å²) in [5.74, 6) is 2.24. The minimum atomic E-state index is 0. The van der Waals surface area contributed by atoms with E-state index in [4.69, 9.17) is 9.47 Å². The minimum Gasteiger partial charge on any atom is -0.383 e. The van der Waals surface area contributed by atoms with E-state index in [2.05, 4.69) is 34.4 Å². The summed E-state index contributed by atoms with van der Waals surface area (Å²) >= 11 is 0. The molecule has 0 atom stereocenters. The number of hydrogen-bond acceptors (Lipinski definition) is 4. The van der Waals surface area contributed by atoms with Gasteiger partial charge in [-0.3, -0.25) is 4.99 Å². The first kappa shape index (κ1) is 24.9. The summed E-state index contributed by atoms with van der Waals surface area (Å²) in [6, 6.07) is 0. The van der Waals surface area contributed by atoms with Crippen LogP contribution in [0.2, 0.25) is 0 Å². The van der Waals surface area contributed by atoms with Gasteiger partial charge >= 0.3 is 0 Å². The normalized spacial score (nSPS) is 16.8. The van der Waals surface area contributed by atoms with E-state index in [0.29, 0.717) is 5.92 Å². The maximum absolute atomic E-state index is 5.59. The largest absolute Gasteiger partial charge is 0.383 e. The molecule has 0 spiro atoms. The fourth-order valence-corrected chi connectivity index (χ4v) is 2.80. The van der Waals surface area contributed by atoms with Crippen LogP contribution in [-0.2, 0) is 9.47 Å². The number of aliphatic imine (C=N–C) groups is 1. The molecule has 25 heavy (non-hydrogen) atoms. The molecule has 7 heteroatoms. The van der Waals surface area contributed by atoms with Crippen molar-refractivity contribution in [2.75, 3.05) is 66.7 Å². The highest BCUT2D eigenvalue weighted by Crippen LogP contribution is 2.15. The van der Waals surface area contributed by atoms with Gasteiger partial charge in [-0.1, -0.05) is 13.8 Å². The van der Waals surface area contributed by atoms with Gasteiger partial charge in [0, 0.05) is 47.0 Å². The number of ether oxygens (including phenoxy) is 2. The number of guanidine groups is 1. The molecule has 150 valence electrons. The monoisotopic (exact) mass is 470 g/mol. The summed E-state index contributed by atoms with van der Waals surface area (Å²) in [7, 11) is 3.60. The Morgan fingerprint density at radius 2 is 1.92 bits per heavy atom. The molecule has 0 radical (unpaired) electrons. The molecule has 0 aromatic carbocycles. The lowest BCUT2D eigenvalue weighted by Gasteiger charge is -2.32. The summed E-state index contributed by atoms with van der Waals surface area (Å²) < 4.78 is 10.7. The van der Waals surface area contributed by atoms with Crippen LogP contribution in [0.3, 0.4) is 0 Å². The van der Waals surface area contributed by atoms with Crippen LogP contribution in [0.25, 0.3) is 0 Å². The second-order valence-corrected chi connectivity index (χ2v) is 6.98.